The number of amides is 2. The molecule has 1 fully saturated rings. The van der Waals surface area contributed by atoms with Crippen LogP contribution in [0.25, 0.3) is 0 Å². The summed E-state index contributed by atoms with van der Waals surface area (Å²) in [6.45, 7) is 0.524. The van der Waals surface area contributed by atoms with E-state index in [-0.39, 0.29) is 0 Å². The van der Waals surface area contributed by atoms with Crippen LogP contribution in [0.4, 0.5) is 4.79 Å². The molecule has 3 N–H and O–H groups in total. The van der Waals surface area contributed by atoms with Gasteiger partial charge in [-0.15, -0.1) is 0 Å². The summed E-state index contributed by atoms with van der Waals surface area (Å²) in [5.74, 6) is 0.706. The van der Waals surface area contributed by atoms with Gasteiger partial charge in [-0.05, 0) is 29.9 Å². The van der Waals surface area contributed by atoms with E-state index in [9.17, 15) is 4.79 Å². The van der Waals surface area contributed by atoms with Crippen molar-refractivity contribution in [1.82, 2.24) is 5.32 Å². The topological polar surface area (TPSA) is 55.1 Å². The minimum atomic E-state index is -0.465. The van der Waals surface area contributed by atoms with Crippen molar-refractivity contribution in [3.8, 4) is 0 Å². The lowest BCUT2D eigenvalue weighted by atomic mass is 9.83. The fourth-order valence-electron chi connectivity index (χ4n) is 2.58. The molecule has 1 aromatic rings. The van der Waals surface area contributed by atoms with Crippen molar-refractivity contribution in [2.75, 3.05) is 0 Å². The molecule has 3 nitrogen and oxygen atoms in total. The Balaban J connectivity index is 2.02. The molecule has 0 heterocycles. The molecular weight excluding hydrogens is 212 g/mol. The zero-order valence-electron chi connectivity index (χ0n) is 10.1. The summed E-state index contributed by atoms with van der Waals surface area (Å²) in [4.78, 5) is 10.7. The highest BCUT2D eigenvalue weighted by Crippen LogP contribution is 2.32. The molecule has 1 saturated carbocycles. The van der Waals surface area contributed by atoms with Crippen molar-refractivity contribution in [2.24, 2.45) is 5.73 Å². The van der Waals surface area contributed by atoms with Crippen LogP contribution in [-0.4, -0.2) is 6.03 Å². The van der Waals surface area contributed by atoms with Crippen LogP contribution in [0, 0.1) is 0 Å². The molecule has 0 spiro atoms. The molecular formula is C14H20N2O. The maximum atomic E-state index is 10.7. The Morgan fingerprint density at radius 1 is 1.29 bits per heavy atom. The van der Waals surface area contributed by atoms with E-state index in [0.717, 1.165) is 5.56 Å². The summed E-state index contributed by atoms with van der Waals surface area (Å²) in [6.07, 6.45) is 6.65. The number of rotatable bonds is 3. The number of primary amides is 1. The summed E-state index contributed by atoms with van der Waals surface area (Å²) in [7, 11) is 0. The number of urea groups is 1. The van der Waals surface area contributed by atoms with E-state index < -0.39 is 6.03 Å². The van der Waals surface area contributed by atoms with Crippen molar-refractivity contribution in [2.45, 2.75) is 44.6 Å². The Kier molecular flexibility index (Phi) is 4.02. The van der Waals surface area contributed by atoms with E-state index in [1.54, 1.807) is 0 Å². The summed E-state index contributed by atoms with van der Waals surface area (Å²) in [5, 5.41) is 2.63. The number of nitrogens with one attached hydrogen (secondary N) is 1. The molecule has 0 atom stereocenters. The third kappa shape index (κ3) is 3.48. The average Bonchev–Trinajstić information content (AvgIpc) is 2.38. The highest BCUT2D eigenvalue weighted by Gasteiger charge is 2.15. The Morgan fingerprint density at radius 2 is 2.06 bits per heavy atom. The van der Waals surface area contributed by atoms with Gasteiger partial charge in [0.1, 0.15) is 0 Å². The van der Waals surface area contributed by atoms with Crippen LogP contribution in [0.5, 0.6) is 0 Å². The summed E-state index contributed by atoms with van der Waals surface area (Å²) in [5.41, 5.74) is 7.61. The predicted molar refractivity (Wildman–Crippen MR) is 68.7 cm³/mol. The number of nitrogens with two attached hydrogens (primary N) is 1. The second-order valence-corrected chi connectivity index (χ2v) is 4.80. The van der Waals surface area contributed by atoms with Crippen LogP contribution in [0.15, 0.2) is 24.3 Å². The number of hydrogen-bond donors (Lipinski definition) is 2. The average molecular weight is 232 g/mol. The Morgan fingerprint density at radius 3 is 2.76 bits per heavy atom. The van der Waals surface area contributed by atoms with Gasteiger partial charge in [0.25, 0.3) is 0 Å². The van der Waals surface area contributed by atoms with Crippen LogP contribution in [-0.2, 0) is 6.54 Å². The number of carbonyl (C=O) groups is 1. The molecule has 1 aromatic carbocycles. The number of carbonyl (C=O) groups excluding carboxylic acids is 1. The quantitative estimate of drug-likeness (QED) is 0.827. The van der Waals surface area contributed by atoms with Gasteiger partial charge in [0, 0.05) is 6.54 Å². The minimum absolute atomic E-state index is 0.465. The zero-order valence-corrected chi connectivity index (χ0v) is 10.1. The molecule has 0 saturated heterocycles. The minimum Gasteiger partial charge on any atom is -0.352 e. The Bertz CT molecular complexity index is 384. The zero-order chi connectivity index (χ0) is 12.1. The van der Waals surface area contributed by atoms with E-state index in [1.807, 2.05) is 6.07 Å². The smallest absolute Gasteiger partial charge is 0.312 e. The normalized spacial score (nSPS) is 16.7. The van der Waals surface area contributed by atoms with Gasteiger partial charge < -0.3 is 11.1 Å². The molecule has 3 heteroatoms. The maximum absolute atomic E-state index is 10.7. The van der Waals surface area contributed by atoms with E-state index >= 15 is 0 Å². The first-order chi connectivity index (χ1) is 8.25. The molecule has 0 aromatic heterocycles. The Hall–Kier alpha value is -1.51. The van der Waals surface area contributed by atoms with Gasteiger partial charge in [-0.1, -0.05) is 43.5 Å². The van der Waals surface area contributed by atoms with E-state index in [0.29, 0.717) is 12.5 Å². The van der Waals surface area contributed by atoms with E-state index in [4.69, 9.17) is 5.73 Å². The summed E-state index contributed by atoms with van der Waals surface area (Å²) < 4.78 is 0. The third-order valence-corrected chi connectivity index (χ3v) is 3.49. The highest BCUT2D eigenvalue weighted by molar-refractivity contribution is 5.71. The SMILES string of the molecule is NC(=O)NCc1cccc(C2CCCCC2)c1. The standard InChI is InChI=1S/C14H20N2O/c15-14(17)16-10-11-5-4-8-13(9-11)12-6-2-1-3-7-12/h4-5,8-9,12H,1-3,6-7,10H2,(H3,15,16,17). The maximum Gasteiger partial charge on any atom is 0.312 e. The fraction of sp³-hybridized carbons (Fsp3) is 0.500. The van der Waals surface area contributed by atoms with Crippen molar-refractivity contribution in [3.63, 3.8) is 0 Å². The van der Waals surface area contributed by atoms with Gasteiger partial charge in [0.05, 0.1) is 0 Å². The summed E-state index contributed by atoms with van der Waals surface area (Å²) in [6, 6.07) is 8.04. The lowest BCUT2D eigenvalue weighted by molar-refractivity contribution is 0.248. The molecule has 2 amide bonds. The van der Waals surface area contributed by atoms with Gasteiger partial charge >= 0.3 is 6.03 Å². The van der Waals surface area contributed by atoms with Crippen molar-refractivity contribution < 1.29 is 4.79 Å². The second-order valence-electron chi connectivity index (χ2n) is 4.80. The number of hydrogen-bond acceptors (Lipinski definition) is 1. The van der Waals surface area contributed by atoms with E-state index in [1.165, 1.54) is 37.7 Å². The van der Waals surface area contributed by atoms with Crippen LogP contribution in [0.3, 0.4) is 0 Å². The van der Waals surface area contributed by atoms with Gasteiger partial charge in [-0.25, -0.2) is 4.79 Å². The predicted octanol–water partition coefficient (Wildman–Crippen LogP) is 2.90. The molecule has 0 aliphatic heterocycles. The first-order valence-electron chi connectivity index (χ1n) is 6.38. The largest absolute Gasteiger partial charge is 0.352 e. The molecule has 0 bridgehead atoms. The van der Waals surface area contributed by atoms with Crippen molar-refractivity contribution in [1.29, 1.82) is 0 Å². The molecule has 0 radical (unpaired) electrons. The van der Waals surface area contributed by atoms with Crippen molar-refractivity contribution >= 4 is 6.03 Å². The van der Waals surface area contributed by atoms with Crippen LogP contribution in [0.1, 0.15) is 49.1 Å². The summed E-state index contributed by atoms with van der Waals surface area (Å²) >= 11 is 0. The number of benzene rings is 1. The van der Waals surface area contributed by atoms with Gasteiger partial charge in [0.15, 0.2) is 0 Å². The van der Waals surface area contributed by atoms with Crippen LogP contribution in [0.2, 0.25) is 0 Å². The molecule has 1 aliphatic carbocycles. The third-order valence-electron chi connectivity index (χ3n) is 3.49. The first-order valence-corrected chi connectivity index (χ1v) is 6.38. The van der Waals surface area contributed by atoms with E-state index in [2.05, 4.69) is 23.5 Å². The fourth-order valence-corrected chi connectivity index (χ4v) is 2.58. The molecule has 92 valence electrons. The lowest BCUT2D eigenvalue weighted by Gasteiger charge is -2.22. The van der Waals surface area contributed by atoms with Gasteiger partial charge in [-0.3, -0.25) is 0 Å². The molecule has 1 aliphatic rings. The Labute approximate surface area is 102 Å². The van der Waals surface area contributed by atoms with Gasteiger partial charge in [-0.2, -0.15) is 0 Å². The van der Waals surface area contributed by atoms with Gasteiger partial charge in [0.2, 0.25) is 0 Å². The lowest BCUT2D eigenvalue weighted by Crippen LogP contribution is -2.28. The molecule has 0 unspecified atom stereocenters. The first kappa shape index (κ1) is 12.0. The second kappa shape index (κ2) is 5.71. The van der Waals surface area contributed by atoms with Crippen LogP contribution >= 0.6 is 0 Å². The monoisotopic (exact) mass is 232 g/mol. The van der Waals surface area contributed by atoms with Crippen LogP contribution < -0.4 is 11.1 Å². The molecule has 2 rings (SSSR count). The molecule has 17 heavy (non-hydrogen) atoms. The highest BCUT2D eigenvalue weighted by atomic mass is 16.2. The van der Waals surface area contributed by atoms with Crippen molar-refractivity contribution in [3.05, 3.63) is 35.4 Å².